The number of thioether (sulfide) groups is 1. The van der Waals surface area contributed by atoms with Crippen LogP contribution in [0.3, 0.4) is 0 Å². The van der Waals surface area contributed by atoms with Crippen molar-refractivity contribution in [3.63, 3.8) is 0 Å². The molecule has 0 spiro atoms. The Kier molecular flexibility index (Phi) is 5.21. The van der Waals surface area contributed by atoms with Crippen LogP contribution in [0.1, 0.15) is 30.9 Å². The van der Waals surface area contributed by atoms with Crippen LogP contribution >= 0.6 is 11.8 Å². The van der Waals surface area contributed by atoms with Gasteiger partial charge in [0.2, 0.25) is 11.8 Å². The first-order valence-electron chi connectivity index (χ1n) is 9.45. The summed E-state index contributed by atoms with van der Waals surface area (Å²) in [6.07, 6.45) is 4.61. The summed E-state index contributed by atoms with van der Waals surface area (Å²) in [4.78, 5) is 28.3. The number of nitrogens with one attached hydrogen (secondary N) is 1. The third-order valence-corrected chi connectivity index (χ3v) is 6.17. The number of rotatable bonds is 6. The molecule has 27 heavy (non-hydrogen) atoms. The van der Waals surface area contributed by atoms with Crippen molar-refractivity contribution < 1.29 is 9.59 Å². The minimum Gasteiger partial charge on any atom is -0.349 e. The molecule has 2 fully saturated rings. The monoisotopic (exact) mass is 380 g/mol. The molecule has 2 amide bonds. The van der Waals surface area contributed by atoms with Crippen LogP contribution in [0.15, 0.2) is 59.5 Å². The van der Waals surface area contributed by atoms with E-state index in [1.54, 1.807) is 16.7 Å². The van der Waals surface area contributed by atoms with Gasteiger partial charge in [-0.3, -0.25) is 9.59 Å². The van der Waals surface area contributed by atoms with Crippen LogP contribution in [0.2, 0.25) is 0 Å². The second-order valence-corrected chi connectivity index (χ2v) is 8.22. The number of benzene rings is 2. The smallest absolute Gasteiger partial charge is 0.227 e. The molecular formula is C22H24N2O2S. The lowest BCUT2D eigenvalue weighted by molar-refractivity contribution is -0.127. The Morgan fingerprint density at radius 3 is 2.44 bits per heavy atom. The molecule has 1 saturated heterocycles. The SMILES string of the molecule is CSc1ccc(N2C[C@H](C(=O)N[C@@H](c3ccccc3)C3CC3)CC2=O)cc1. The lowest BCUT2D eigenvalue weighted by atomic mass is 10.0. The van der Waals surface area contributed by atoms with E-state index in [0.717, 1.165) is 29.0 Å². The van der Waals surface area contributed by atoms with Crippen LogP contribution in [0.5, 0.6) is 0 Å². The normalized spacial score (nSPS) is 20.6. The molecule has 1 saturated carbocycles. The fourth-order valence-electron chi connectivity index (χ4n) is 3.73. The van der Waals surface area contributed by atoms with Gasteiger partial charge in [0.15, 0.2) is 0 Å². The van der Waals surface area contributed by atoms with Crippen molar-refractivity contribution in [2.75, 3.05) is 17.7 Å². The Balaban J connectivity index is 1.44. The molecule has 0 unspecified atom stereocenters. The summed E-state index contributed by atoms with van der Waals surface area (Å²) in [5.41, 5.74) is 2.03. The van der Waals surface area contributed by atoms with Gasteiger partial charge in [0.25, 0.3) is 0 Å². The Morgan fingerprint density at radius 1 is 1.11 bits per heavy atom. The van der Waals surface area contributed by atoms with E-state index in [0.29, 0.717) is 12.5 Å². The molecule has 1 heterocycles. The minimum atomic E-state index is -0.289. The van der Waals surface area contributed by atoms with Crippen molar-refractivity contribution in [1.82, 2.24) is 5.32 Å². The predicted molar refractivity (Wildman–Crippen MR) is 109 cm³/mol. The zero-order valence-corrected chi connectivity index (χ0v) is 16.2. The predicted octanol–water partition coefficient (Wildman–Crippen LogP) is 4.03. The van der Waals surface area contributed by atoms with Crippen molar-refractivity contribution in [3.05, 3.63) is 60.2 Å². The molecule has 2 atom stereocenters. The second-order valence-electron chi connectivity index (χ2n) is 7.34. The molecule has 1 N–H and O–H groups in total. The molecule has 0 radical (unpaired) electrons. The zero-order chi connectivity index (χ0) is 18.8. The van der Waals surface area contributed by atoms with Crippen LogP contribution in [0, 0.1) is 11.8 Å². The van der Waals surface area contributed by atoms with Gasteiger partial charge < -0.3 is 10.2 Å². The number of nitrogens with zero attached hydrogens (tertiary/aromatic N) is 1. The van der Waals surface area contributed by atoms with E-state index in [2.05, 4.69) is 17.4 Å². The van der Waals surface area contributed by atoms with Gasteiger partial charge in [0.1, 0.15) is 0 Å². The van der Waals surface area contributed by atoms with Crippen LogP contribution < -0.4 is 10.2 Å². The van der Waals surface area contributed by atoms with E-state index >= 15 is 0 Å². The summed E-state index contributed by atoms with van der Waals surface area (Å²) in [5.74, 6) is 0.244. The molecule has 5 heteroatoms. The van der Waals surface area contributed by atoms with E-state index < -0.39 is 0 Å². The average Bonchev–Trinajstić information content (AvgIpc) is 3.48. The highest BCUT2D eigenvalue weighted by Gasteiger charge is 2.39. The lowest BCUT2D eigenvalue weighted by Gasteiger charge is -2.21. The molecule has 2 aromatic rings. The molecule has 1 aliphatic carbocycles. The van der Waals surface area contributed by atoms with Gasteiger partial charge in [-0.2, -0.15) is 0 Å². The first-order valence-corrected chi connectivity index (χ1v) is 10.7. The Hall–Kier alpha value is -2.27. The summed E-state index contributed by atoms with van der Waals surface area (Å²) in [7, 11) is 0. The van der Waals surface area contributed by atoms with Gasteiger partial charge in [0, 0.05) is 23.5 Å². The fourth-order valence-corrected chi connectivity index (χ4v) is 4.14. The highest BCUT2D eigenvalue weighted by Crippen LogP contribution is 2.41. The van der Waals surface area contributed by atoms with E-state index in [4.69, 9.17) is 0 Å². The van der Waals surface area contributed by atoms with E-state index in [-0.39, 0.29) is 30.2 Å². The molecule has 2 aromatic carbocycles. The minimum absolute atomic E-state index is 0.00710. The average molecular weight is 381 g/mol. The van der Waals surface area contributed by atoms with E-state index in [1.165, 1.54) is 0 Å². The number of carbonyl (C=O) groups excluding carboxylic acids is 2. The Bertz CT molecular complexity index is 818. The van der Waals surface area contributed by atoms with Crippen molar-refractivity contribution >= 4 is 29.3 Å². The summed E-state index contributed by atoms with van der Waals surface area (Å²) in [5, 5.41) is 3.23. The molecule has 0 bridgehead atoms. The molecule has 4 nitrogen and oxygen atoms in total. The van der Waals surface area contributed by atoms with Crippen LogP contribution in [-0.2, 0) is 9.59 Å². The molecule has 2 aliphatic rings. The maximum absolute atomic E-state index is 12.9. The topological polar surface area (TPSA) is 49.4 Å². The highest BCUT2D eigenvalue weighted by atomic mass is 32.2. The zero-order valence-electron chi connectivity index (χ0n) is 15.4. The lowest BCUT2D eigenvalue weighted by Crippen LogP contribution is -2.36. The number of anilines is 1. The van der Waals surface area contributed by atoms with Crippen LogP contribution in [0.4, 0.5) is 5.69 Å². The third-order valence-electron chi connectivity index (χ3n) is 5.43. The maximum atomic E-state index is 12.9. The van der Waals surface area contributed by atoms with Gasteiger partial charge in [0.05, 0.1) is 12.0 Å². The Labute approximate surface area is 164 Å². The first kappa shape index (κ1) is 18.1. The largest absolute Gasteiger partial charge is 0.349 e. The molecule has 4 rings (SSSR count). The maximum Gasteiger partial charge on any atom is 0.227 e. The molecule has 140 valence electrons. The summed E-state index contributed by atoms with van der Waals surface area (Å²) in [6, 6.07) is 18.2. The summed E-state index contributed by atoms with van der Waals surface area (Å²) < 4.78 is 0. The van der Waals surface area contributed by atoms with Crippen molar-refractivity contribution in [1.29, 1.82) is 0 Å². The van der Waals surface area contributed by atoms with Crippen molar-refractivity contribution in [3.8, 4) is 0 Å². The second kappa shape index (κ2) is 7.77. The number of carbonyl (C=O) groups is 2. The highest BCUT2D eigenvalue weighted by molar-refractivity contribution is 7.98. The van der Waals surface area contributed by atoms with Crippen LogP contribution in [0.25, 0.3) is 0 Å². The van der Waals surface area contributed by atoms with E-state index in [9.17, 15) is 9.59 Å². The molecular weight excluding hydrogens is 356 g/mol. The third kappa shape index (κ3) is 4.03. The number of hydrogen-bond donors (Lipinski definition) is 1. The van der Waals surface area contributed by atoms with Crippen molar-refractivity contribution in [2.45, 2.75) is 30.2 Å². The van der Waals surface area contributed by atoms with Gasteiger partial charge in [-0.15, -0.1) is 11.8 Å². The number of amides is 2. The van der Waals surface area contributed by atoms with E-state index in [1.807, 2.05) is 48.7 Å². The van der Waals surface area contributed by atoms with Gasteiger partial charge >= 0.3 is 0 Å². The Morgan fingerprint density at radius 2 is 1.81 bits per heavy atom. The molecule has 0 aromatic heterocycles. The standard InChI is InChI=1S/C22H24N2O2S/c1-27-19-11-9-18(10-12-19)24-14-17(13-20(24)25)22(26)23-21(16-7-8-16)15-5-3-2-4-6-15/h2-6,9-12,16-17,21H,7-8,13-14H2,1H3,(H,23,26)/t17-,21+/m1/s1. The van der Waals surface area contributed by atoms with Gasteiger partial charge in [-0.05, 0) is 54.8 Å². The number of hydrogen-bond acceptors (Lipinski definition) is 3. The van der Waals surface area contributed by atoms with Crippen molar-refractivity contribution in [2.24, 2.45) is 11.8 Å². The van der Waals surface area contributed by atoms with Crippen LogP contribution in [-0.4, -0.2) is 24.6 Å². The molecule has 1 aliphatic heterocycles. The quantitative estimate of drug-likeness (QED) is 0.770. The first-order chi connectivity index (χ1) is 13.2. The van der Waals surface area contributed by atoms with Gasteiger partial charge in [-0.25, -0.2) is 0 Å². The van der Waals surface area contributed by atoms with Gasteiger partial charge in [-0.1, -0.05) is 30.3 Å². The summed E-state index contributed by atoms with van der Waals surface area (Å²) in [6.45, 7) is 0.454. The fraction of sp³-hybridized carbons (Fsp3) is 0.364. The summed E-state index contributed by atoms with van der Waals surface area (Å²) >= 11 is 1.67.